The highest BCUT2D eigenvalue weighted by Gasteiger charge is 2.35. The molecule has 1 aliphatic heterocycles. The van der Waals surface area contributed by atoms with Crippen molar-refractivity contribution in [2.45, 2.75) is 76.9 Å². The summed E-state index contributed by atoms with van der Waals surface area (Å²) in [7, 11) is 1.95. The molecule has 4 atom stereocenters. The van der Waals surface area contributed by atoms with Crippen molar-refractivity contribution in [1.82, 2.24) is 10.2 Å². The van der Waals surface area contributed by atoms with E-state index in [4.69, 9.17) is 0 Å². The predicted octanol–water partition coefficient (Wildman–Crippen LogP) is 2.55. The maximum atomic E-state index is 12.4. The topological polar surface area (TPSA) is 32.3 Å². The molecule has 1 aliphatic carbocycles. The number of piperidine rings is 1. The molecule has 0 aromatic heterocycles. The zero-order valence-electron chi connectivity index (χ0n) is 12.1. The molecule has 0 aromatic carbocycles. The fourth-order valence-corrected chi connectivity index (χ4v) is 3.43. The second-order valence-electron chi connectivity index (χ2n) is 6.15. The lowest BCUT2D eigenvalue weighted by molar-refractivity contribution is -0.135. The highest BCUT2D eigenvalue weighted by molar-refractivity contribution is 5.82. The van der Waals surface area contributed by atoms with Crippen LogP contribution >= 0.6 is 0 Å². The van der Waals surface area contributed by atoms with Crippen LogP contribution in [-0.4, -0.2) is 36.0 Å². The zero-order valence-corrected chi connectivity index (χ0v) is 12.1. The Hall–Kier alpha value is -0.570. The van der Waals surface area contributed by atoms with Crippen LogP contribution in [0.3, 0.4) is 0 Å². The number of fused-ring (bicyclic) bond motifs is 1. The molecule has 0 spiro atoms. The lowest BCUT2D eigenvalue weighted by Crippen LogP contribution is -2.56. The Balaban J connectivity index is 1.92. The molecule has 18 heavy (non-hydrogen) atoms. The van der Waals surface area contributed by atoms with Crippen molar-refractivity contribution in [2.24, 2.45) is 5.92 Å². The van der Waals surface area contributed by atoms with E-state index < -0.39 is 0 Å². The molecule has 1 saturated heterocycles. The zero-order chi connectivity index (χ0) is 13.1. The SMILES string of the molecule is CCC(C)N(C)C(=O)C1CCC2CCCCC2N1. The Morgan fingerprint density at radius 2 is 2.00 bits per heavy atom. The van der Waals surface area contributed by atoms with Crippen LogP contribution in [0.4, 0.5) is 0 Å². The van der Waals surface area contributed by atoms with Gasteiger partial charge in [-0.3, -0.25) is 4.79 Å². The van der Waals surface area contributed by atoms with Crippen LogP contribution in [0, 0.1) is 5.92 Å². The van der Waals surface area contributed by atoms with Gasteiger partial charge in [-0.2, -0.15) is 0 Å². The first-order valence-corrected chi connectivity index (χ1v) is 7.66. The smallest absolute Gasteiger partial charge is 0.239 e. The van der Waals surface area contributed by atoms with Crippen LogP contribution in [0.1, 0.15) is 58.8 Å². The van der Waals surface area contributed by atoms with E-state index in [0.29, 0.717) is 18.0 Å². The fraction of sp³-hybridized carbons (Fsp3) is 0.933. The number of nitrogens with zero attached hydrogens (tertiary/aromatic N) is 1. The van der Waals surface area contributed by atoms with Crippen LogP contribution in [0.2, 0.25) is 0 Å². The first-order chi connectivity index (χ1) is 8.63. The largest absolute Gasteiger partial charge is 0.342 e. The molecule has 2 aliphatic rings. The molecule has 3 nitrogen and oxygen atoms in total. The van der Waals surface area contributed by atoms with Gasteiger partial charge in [0.05, 0.1) is 6.04 Å². The quantitative estimate of drug-likeness (QED) is 0.837. The van der Waals surface area contributed by atoms with Gasteiger partial charge in [0.2, 0.25) is 5.91 Å². The normalized spacial score (nSPS) is 33.6. The molecule has 2 rings (SSSR count). The molecule has 1 heterocycles. The molecule has 0 bridgehead atoms. The molecule has 1 saturated carbocycles. The summed E-state index contributed by atoms with van der Waals surface area (Å²) in [5.41, 5.74) is 0. The first kappa shape index (κ1) is 13.9. The highest BCUT2D eigenvalue weighted by Crippen LogP contribution is 2.32. The summed E-state index contributed by atoms with van der Waals surface area (Å²) in [4.78, 5) is 14.4. The molecule has 4 unspecified atom stereocenters. The average molecular weight is 252 g/mol. The second-order valence-corrected chi connectivity index (χ2v) is 6.15. The minimum absolute atomic E-state index is 0.0725. The van der Waals surface area contributed by atoms with E-state index in [1.165, 1.54) is 32.1 Å². The van der Waals surface area contributed by atoms with Gasteiger partial charge in [0.1, 0.15) is 0 Å². The predicted molar refractivity (Wildman–Crippen MR) is 74.4 cm³/mol. The van der Waals surface area contributed by atoms with E-state index in [2.05, 4.69) is 19.2 Å². The van der Waals surface area contributed by atoms with Gasteiger partial charge >= 0.3 is 0 Å². The van der Waals surface area contributed by atoms with E-state index in [1.54, 1.807) is 0 Å². The summed E-state index contributed by atoms with van der Waals surface area (Å²) in [6.45, 7) is 4.27. The van der Waals surface area contributed by atoms with Crippen LogP contribution in [-0.2, 0) is 4.79 Å². The summed E-state index contributed by atoms with van der Waals surface area (Å²) in [5.74, 6) is 1.13. The number of hydrogen-bond donors (Lipinski definition) is 1. The van der Waals surface area contributed by atoms with E-state index in [-0.39, 0.29) is 6.04 Å². The van der Waals surface area contributed by atoms with Gasteiger partial charge in [0.25, 0.3) is 0 Å². The van der Waals surface area contributed by atoms with Crippen molar-refractivity contribution >= 4 is 5.91 Å². The number of amides is 1. The number of hydrogen-bond acceptors (Lipinski definition) is 2. The monoisotopic (exact) mass is 252 g/mol. The standard InChI is InChI=1S/C15H28N2O/c1-4-11(2)17(3)15(18)14-10-9-12-7-5-6-8-13(12)16-14/h11-14,16H,4-10H2,1-3H3. The first-order valence-electron chi connectivity index (χ1n) is 7.66. The maximum Gasteiger partial charge on any atom is 0.239 e. The molecule has 1 N–H and O–H groups in total. The number of nitrogens with one attached hydrogen (secondary N) is 1. The van der Waals surface area contributed by atoms with Crippen molar-refractivity contribution in [3.63, 3.8) is 0 Å². The molecular weight excluding hydrogens is 224 g/mol. The van der Waals surface area contributed by atoms with Gasteiger partial charge < -0.3 is 10.2 Å². The maximum absolute atomic E-state index is 12.4. The number of rotatable bonds is 3. The molecule has 1 amide bonds. The van der Waals surface area contributed by atoms with Gasteiger partial charge in [0, 0.05) is 19.1 Å². The Bertz CT molecular complexity index is 292. The van der Waals surface area contributed by atoms with Crippen molar-refractivity contribution in [1.29, 1.82) is 0 Å². The van der Waals surface area contributed by atoms with Crippen molar-refractivity contribution < 1.29 is 4.79 Å². The summed E-state index contributed by atoms with van der Waals surface area (Å²) >= 11 is 0. The Labute approximate surface area is 111 Å². The Morgan fingerprint density at radius 3 is 2.72 bits per heavy atom. The summed E-state index contributed by atoms with van der Waals surface area (Å²) in [6.07, 6.45) is 8.63. The van der Waals surface area contributed by atoms with Crippen LogP contribution in [0.5, 0.6) is 0 Å². The van der Waals surface area contributed by atoms with Crippen LogP contribution in [0.25, 0.3) is 0 Å². The third-order valence-electron chi connectivity index (χ3n) is 5.05. The molecule has 0 aromatic rings. The van der Waals surface area contributed by atoms with Crippen LogP contribution < -0.4 is 5.32 Å². The Morgan fingerprint density at radius 1 is 1.28 bits per heavy atom. The third kappa shape index (κ3) is 2.87. The van der Waals surface area contributed by atoms with E-state index in [9.17, 15) is 4.79 Å². The fourth-order valence-electron chi connectivity index (χ4n) is 3.43. The van der Waals surface area contributed by atoms with Crippen molar-refractivity contribution in [3.05, 3.63) is 0 Å². The van der Waals surface area contributed by atoms with Gasteiger partial charge in [-0.1, -0.05) is 19.8 Å². The van der Waals surface area contributed by atoms with Crippen molar-refractivity contribution in [3.8, 4) is 0 Å². The molecular formula is C15H28N2O. The number of carbonyl (C=O) groups is 1. The van der Waals surface area contributed by atoms with Gasteiger partial charge in [0.15, 0.2) is 0 Å². The minimum atomic E-state index is 0.0725. The molecule has 0 radical (unpaired) electrons. The molecule has 104 valence electrons. The summed E-state index contributed by atoms with van der Waals surface area (Å²) in [6, 6.07) is 1.03. The van der Waals surface area contributed by atoms with Gasteiger partial charge in [-0.05, 0) is 44.9 Å². The summed E-state index contributed by atoms with van der Waals surface area (Å²) < 4.78 is 0. The van der Waals surface area contributed by atoms with Gasteiger partial charge in [-0.15, -0.1) is 0 Å². The number of carbonyl (C=O) groups excluding carboxylic acids is 1. The van der Waals surface area contributed by atoms with E-state index >= 15 is 0 Å². The minimum Gasteiger partial charge on any atom is -0.342 e. The number of likely N-dealkylation sites (N-methyl/N-ethyl adjacent to an activating group) is 1. The Kier molecular flexibility index (Phi) is 4.66. The van der Waals surface area contributed by atoms with Crippen molar-refractivity contribution in [2.75, 3.05) is 7.05 Å². The van der Waals surface area contributed by atoms with Gasteiger partial charge in [-0.25, -0.2) is 0 Å². The van der Waals surface area contributed by atoms with E-state index in [0.717, 1.165) is 18.8 Å². The lowest BCUT2D eigenvalue weighted by atomic mass is 9.77. The third-order valence-corrected chi connectivity index (χ3v) is 5.05. The van der Waals surface area contributed by atoms with Crippen LogP contribution in [0.15, 0.2) is 0 Å². The molecule has 3 heteroatoms. The highest BCUT2D eigenvalue weighted by atomic mass is 16.2. The average Bonchev–Trinajstić information content (AvgIpc) is 2.44. The lowest BCUT2D eigenvalue weighted by Gasteiger charge is -2.41. The second kappa shape index (κ2) is 6.05. The summed E-state index contributed by atoms with van der Waals surface area (Å²) in [5, 5.41) is 3.62. The molecule has 2 fully saturated rings. The van der Waals surface area contributed by atoms with E-state index in [1.807, 2.05) is 11.9 Å².